The van der Waals surface area contributed by atoms with Gasteiger partial charge in [0.2, 0.25) is 5.91 Å². The van der Waals surface area contributed by atoms with E-state index in [2.05, 4.69) is 10.6 Å². The van der Waals surface area contributed by atoms with Gasteiger partial charge in [0.15, 0.2) is 0 Å². The van der Waals surface area contributed by atoms with E-state index >= 15 is 0 Å². The Kier molecular flexibility index (Phi) is 5.69. The van der Waals surface area contributed by atoms with Crippen molar-refractivity contribution in [3.63, 3.8) is 0 Å². The third-order valence-corrected chi connectivity index (χ3v) is 4.57. The average Bonchev–Trinajstić information content (AvgIpc) is 2.95. The highest BCUT2D eigenvalue weighted by atomic mass is 19.4. The molecule has 2 N–H and O–H groups in total. The lowest BCUT2D eigenvalue weighted by atomic mass is 10.1. The number of hydrogen-bond acceptors (Lipinski definition) is 2. The summed E-state index contributed by atoms with van der Waals surface area (Å²) in [5, 5.41) is 5.35. The molecule has 0 saturated carbocycles. The minimum Gasteiger partial charge on any atom is -0.326 e. The fraction of sp³-hybridized carbons (Fsp3) is 0.182. The van der Waals surface area contributed by atoms with Crippen molar-refractivity contribution in [2.75, 3.05) is 10.6 Å². The highest BCUT2D eigenvalue weighted by Gasteiger charge is 2.34. The first-order valence-electron chi connectivity index (χ1n) is 9.12. The summed E-state index contributed by atoms with van der Waals surface area (Å²) in [6.07, 6.45) is -4.52. The molecule has 0 unspecified atom stereocenters. The molecule has 2 aromatic carbocycles. The zero-order valence-corrected chi connectivity index (χ0v) is 16.6. The molecule has 0 radical (unpaired) electrons. The molecule has 156 valence electrons. The van der Waals surface area contributed by atoms with Crippen molar-refractivity contribution < 1.29 is 22.8 Å². The first-order valence-corrected chi connectivity index (χ1v) is 9.12. The van der Waals surface area contributed by atoms with Crippen LogP contribution in [0.4, 0.5) is 24.5 Å². The smallest absolute Gasteiger partial charge is 0.326 e. The Hall–Kier alpha value is -3.55. The molecular weight excluding hydrogens is 395 g/mol. The van der Waals surface area contributed by atoms with E-state index in [1.165, 1.54) is 29.7 Å². The van der Waals surface area contributed by atoms with Gasteiger partial charge in [0.1, 0.15) is 0 Å². The Labute approximate surface area is 171 Å². The summed E-state index contributed by atoms with van der Waals surface area (Å²) in [7, 11) is 0. The van der Waals surface area contributed by atoms with Crippen molar-refractivity contribution in [1.82, 2.24) is 4.57 Å². The molecular formula is C22H20F3N3O2. The molecule has 8 heteroatoms. The van der Waals surface area contributed by atoms with Crippen LogP contribution in [0.15, 0.2) is 54.6 Å². The molecule has 30 heavy (non-hydrogen) atoms. The van der Waals surface area contributed by atoms with Crippen molar-refractivity contribution in [2.24, 2.45) is 0 Å². The summed E-state index contributed by atoms with van der Waals surface area (Å²) in [4.78, 5) is 24.0. The molecule has 0 aliphatic rings. The van der Waals surface area contributed by atoms with Crippen LogP contribution in [0.2, 0.25) is 0 Å². The number of amides is 2. The van der Waals surface area contributed by atoms with Crippen molar-refractivity contribution in [3.8, 4) is 5.69 Å². The van der Waals surface area contributed by atoms with E-state index in [1.807, 2.05) is 0 Å². The van der Waals surface area contributed by atoms with E-state index in [4.69, 9.17) is 0 Å². The minimum atomic E-state index is -4.52. The summed E-state index contributed by atoms with van der Waals surface area (Å²) in [5.41, 5.74) is 1.31. The summed E-state index contributed by atoms with van der Waals surface area (Å²) in [5.74, 6) is -0.704. The van der Waals surface area contributed by atoms with Crippen LogP contribution in [-0.2, 0) is 11.0 Å². The van der Waals surface area contributed by atoms with Crippen molar-refractivity contribution in [3.05, 3.63) is 77.1 Å². The zero-order valence-electron chi connectivity index (χ0n) is 16.6. The summed E-state index contributed by atoms with van der Waals surface area (Å²) < 4.78 is 41.8. The number of anilines is 2. The van der Waals surface area contributed by atoms with Crippen LogP contribution in [0, 0.1) is 13.8 Å². The minimum absolute atomic E-state index is 0.0355. The van der Waals surface area contributed by atoms with E-state index in [0.29, 0.717) is 22.8 Å². The number of nitrogens with one attached hydrogen (secondary N) is 2. The maximum Gasteiger partial charge on any atom is 0.418 e. The van der Waals surface area contributed by atoms with Gasteiger partial charge < -0.3 is 15.2 Å². The molecule has 0 fully saturated rings. The van der Waals surface area contributed by atoms with Gasteiger partial charge in [-0.05, 0) is 50.2 Å². The Morgan fingerprint density at radius 2 is 1.53 bits per heavy atom. The van der Waals surface area contributed by atoms with E-state index in [-0.39, 0.29) is 17.2 Å². The first kappa shape index (κ1) is 21.2. The molecule has 0 saturated heterocycles. The van der Waals surface area contributed by atoms with E-state index in [9.17, 15) is 22.8 Å². The van der Waals surface area contributed by atoms with E-state index in [0.717, 1.165) is 6.07 Å². The maximum atomic E-state index is 13.5. The lowest BCUT2D eigenvalue weighted by molar-refractivity contribution is -0.137. The second kappa shape index (κ2) is 8.06. The highest BCUT2D eigenvalue weighted by Crippen LogP contribution is 2.35. The number of halogens is 3. The lowest BCUT2D eigenvalue weighted by Gasteiger charge is -2.17. The molecule has 0 spiro atoms. The number of benzene rings is 2. The fourth-order valence-electron chi connectivity index (χ4n) is 3.35. The number of rotatable bonds is 4. The standard InChI is InChI=1S/C22H20F3N3O2/c1-13-11-18(21(30)27-17-8-6-7-16(12-17)26-15(3)29)14(2)28(13)20-10-5-4-9-19(20)22(23,24)25/h4-12H,1-3H3,(H,26,29)(H,27,30). The van der Waals surface area contributed by atoms with Gasteiger partial charge in [-0.15, -0.1) is 0 Å². The molecule has 5 nitrogen and oxygen atoms in total. The quantitative estimate of drug-likeness (QED) is 0.606. The number of para-hydroxylation sites is 1. The normalized spacial score (nSPS) is 11.3. The summed E-state index contributed by atoms with van der Waals surface area (Å²) >= 11 is 0. The van der Waals surface area contributed by atoms with Gasteiger partial charge in [-0.25, -0.2) is 0 Å². The predicted octanol–water partition coefficient (Wildman–Crippen LogP) is 5.32. The van der Waals surface area contributed by atoms with Crippen LogP contribution >= 0.6 is 0 Å². The zero-order chi connectivity index (χ0) is 22.1. The molecule has 3 aromatic rings. The van der Waals surface area contributed by atoms with E-state index in [1.54, 1.807) is 44.2 Å². The molecule has 0 bridgehead atoms. The monoisotopic (exact) mass is 415 g/mol. The van der Waals surface area contributed by atoms with Crippen LogP contribution < -0.4 is 10.6 Å². The maximum absolute atomic E-state index is 13.5. The third-order valence-electron chi connectivity index (χ3n) is 4.57. The number of alkyl halides is 3. The molecule has 2 amide bonds. The number of hydrogen-bond donors (Lipinski definition) is 2. The third kappa shape index (κ3) is 4.37. The lowest BCUT2D eigenvalue weighted by Crippen LogP contribution is -2.15. The predicted molar refractivity (Wildman–Crippen MR) is 109 cm³/mol. The largest absolute Gasteiger partial charge is 0.418 e. The molecule has 0 atom stereocenters. The van der Waals surface area contributed by atoms with Crippen molar-refractivity contribution in [1.29, 1.82) is 0 Å². The Bertz CT molecular complexity index is 1120. The number of aromatic nitrogens is 1. The Morgan fingerprint density at radius 1 is 0.900 bits per heavy atom. The van der Waals surface area contributed by atoms with Gasteiger partial charge >= 0.3 is 6.18 Å². The SMILES string of the molecule is CC(=O)Nc1cccc(NC(=O)c2cc(C)n(-c3ccccc3C(F)(F)F)c2C)c1. The van der Waals surface area contributed by atoms with Gasteiger partial charge in [-0.2, -0.15) is 13.2 Å². The van der Waals surface area contributed by atoms with Crippen LogP contribution in [0.5, 0.6) is 0 Å². The van der Waals surface area contributed by atoms with Crippen molar-refractivity contribution >= 4 is 23.2 Å². The fourth-order valence-corrected chi connectivity index (χ4v) is 3.35. The highest BCUT2D eigenvalue weighted by molar-refractivity contribution is 6.05. The van der Waals surface area contributed by atoms with Gasteiger partial charge in [0.25, 0.3) is 5.91 Å². The molecule has 0 aliphatic heterocycles. The second-order valence-electron chi connectivity index (χ2n) is 6.85. The van der Waals surface area contributed by atoms with E-state index < -0.39 is 17.6 Å². The number of carbonyl (C=O) groups excluding carboxylic acids is 2. The number of aryl methyl sites for hydroxylation is 1. The summed E-state index contributed by atoms with van der Waals surface area (Å²) in [6.45, 7) is 4.62. The topological polar surface area (TPSA) is 63.1 Å². The van der Waals surface area contributed by atoms with Crippen LogP contribution in [0.1, 0.15) is 34.2 Å². The molecule has 1 heterocycles. The Morgan fingerprint density at radius 3 is 2.17 bits per heavy atom. The van der Waals surface area contributed by atoms with Gasteiger partial charge in [0.05, 0.1) is 16.8 Å². The van der Waals surface area contributed by atoms with Gasteiger partial charge in [0, 0.05) is 29.7 Å². The number of carbonyl (C=O) groups is 2. The van der Waals surface area contributed by atoms with Crippen LogP contribution in [0.3, 0.4) is 0 Å². The number of nitrogens with zero attached hydrogens (tertiary/aromatic N) is 1. The molecule has 0 aliphatic carbocycles. The Balaban J connectivity index is 1.95. The van der Waals surface area contributed by atoms with Crippen LogP contribution in [0.25, 0.3) is 5.69 Å². The molecule has 1 aromatic heterocycles. The first-order chi connectivity index (χ1) is 14.1. The molecule has 3 rings (SSSR count). The second-order valence-corrected chi connectivity index (χ2v) is 6.85. The van der Waals surface area contributed by atoms with Gasteiger partial charge in [-0.1, -0.05) is 18.2 Å². The average molecular weight is 415 g/mol. The van der Waals surface area contributed by atoms with Crippen molar-refractivity contribution in [2.45, 2.75) is 26.9 Å². The van der Waals surface area contributed by atoms with Crippen LogP contribution in [-0.4, -0.2) is 16.4 Å². The summed E-state index contributed by atoms with van der Waals surface area (Å²) in [6, 6.07) is 13.4. The van der Waals surface area contributed by atoms with Gasteiger partial charge in [-0.3, -0.25) is 9.59 Å².